The summed E-state index contributed by atoms with van der Waals surface area (Å²) in [5.74, 6) is -0.785. The van der Waals surface area contributed by atoms with Gasteiger partial charge in [0, 0.05) is 11.8 Å². The third-order valence-corrected chi connectivity index (χ3v) is 3.26. The number of carbonyl (C=O) groups excluding carboxylic acids is 2. The second-order valence-electron chi connectivity index (χ2n) is 4.94. The van der Waals surface area contributed by atoms with Crippen molar-refractivity contribution in [1.82, 2.24) is 0 Å². The molecule has 0 saturated heterocycles. The summed E-state index contributed by atoms with van der Waals surface area (Å²) in [5.41, 5.74) is 3.24. The van der Waals surface area contributed by atoms with Crippen LogP contribution in [0, 0.1) is 11.3 Å². The fraction of sp³-hybridized carbons (Fsp3) is 0.105. The zero-order valence-corrected chi connectivity index (χ0v) is 13.0. The number of carbonyl (C=O) groups is 2. The molecule has 0 aromatic heterocycles. The van der Waals surface area contributed by atoms with Crippen molar-refractivity contribution in [3.8, 4) is 17.2 Å². The van der Waals surface area contributed by atoms with Gasteiger partial charge >= 0.3 is 5.97 Å². The lowest BCUT2D eigenvalue weighted by Gasteiger charge is -2.07. The van der Waals surface area contributed by atoms with E-state index in [0.717, 1.165) is 17.2 Å². The van der Waals surface area contributed by atoms with Gasteiger partial charge in [0.15, 0.2) is 0 Å². The molecule has 0 radical (unpaired) electrons. The number of nitrogens with one attached hydrogen (secondary N) is 1. The Balaban J connectivity index is 1.91. The maximum Gasteiger partial charge on any atom is 0.330 e. The molecular weight excluding hydrogens is 304 g/mol. The lowest BCUT2D eigenvalue weighted by atomic mass is 10.0. The highest BCUT2D eigenvalue weighted by Crippen LogP contribution is 2.21. The molecule has 0 spiro atoms. The van der Waals surface area contributed by atoms with Crippen molar-refractivity contribution in [2.75, 3.05) is 11.9 Å². The number of hydrogen-bond acceptors (Lipinski definition) is 4. The van der Waals surface area contributed by atoms with Crippen molar-refractivity contribution >= 4 is 17.6 Å². The van der Waals surface area contributed by atoms with Gasteiger partial charge in [0.2, 0.25) is 5.91 Å². The quantitative estimate of drug-likeness (QED) is 0.654. The van der Waals surface area contributed by atoms with Crippen LogP contribution in [0.4, 0.5) is 5.69 Å². The molecule has 0 aliphatic heterocycles. The molecule has 0 unspecified atom stereocenters. The zero-order valence-electron chi connectivity index (χ0n) is 13.0. The number of nitrogens with zero attached hydrogens (tertiary/aromatic N) is 1. The Labute approximate surface area is 140 Å². The van der Waals surface area contributed by atoms with E-state index in [0.29, 0.717) is 11.3 Å². The van der Waals surface area contributed by atoms with Crippen molar-refractivity contribution in [2.45, 2.75) is 6.42 Å². The highest BCUT2D eigenvalue weighted by molar-refractivity contribution is 5.91. The van der Waals surface area contributed by atoms with E-state index in [1.54, 1.807) is 24.3 Å². The first-order chi connectivity index (χ1) is 11.6. The summed E-state index contributed by atoms with van der Waals surface area (Å²) >= 11 is 0. The molecule has 0 aliphatic carbocycles. The Morgan fingerprint density at radius 1 is 1.08 bits per heavy atom. The largest absolute Gasteiger partial charge is 0.462 e. The molecule has 0 atom stereocenters. The van der Waals surface area contributed by atoms with Crippen molar-refractivity contribution in [2.24, 2.45) is 0 Å². The van der Waals surface area contributed by atoms with E-state index in [2.05, 4.69) is 18.0 Å². The van der Waals surface area contributed by atoms with E-state index in [1.807, 2.05) is 24.3 Å². The minimum Gasteiger partial charge on any atom is -0.462 e. The molecule has 0 heterocycles. The minimum atomic E-state index is -0.547. The van der Waals surface area contributed by atoms with Crippen LogP contribution in [-0.4, -0.2) is 18.5 Å². The summed E-state index contributed by atoms with van der Waals surface area (Å²) in [6, 6.07) is 16.7. The summed E-state index contributed by atoms with van der Waals surface area (Å²) in [4.78, 5) is 22.6. The fourth-order valence-electron chi connectivity index (χ4n) is 2.01. The van der Waals surface area contributed by atoms with Gasteiger partial charge in [-0.25, -0.2) is 4.79 Å². The molecule has 1 N–H and O–H groups in total. The molecule has 5 nitrogen and oxygen atoms in total. The topological polar surface area (TPSA) is 79.2 Å². The highest BCUT2D eigenvalue weighted by atomic mass is 16.5. The van der Waals surface area contributed by atoms with Crippen LogP contribution in [0.3, 0.4) is 0 Å². The molecule has 0 fully saturated rings. The summed E-state index contributed by atoms with van der Waals surface area (Å²) in [5, 5.41) is 11.5. The molecule has 1 amide bonds. The SMILES string of the molecule is C=CC(=O)OCCC(=O)Nc1ccc(-c2ccc(C#N)cc2)cc1. The third-order valence-electron chi connectivity index (χ3n) is 3.26. The average molecular weight is 320 g/mol. The van der Waals surface area contributed by atoms with Gasteiger partial charge in [-0.05, 0) is 35.4 Å². The molecule has 0 bridgehead atoms. The predicted octanol–water partition coefficient (Wildman–Crippen LogP) is 3.28. The summed E-state index contributed by atoms with van der Waals surface area (Å²) in [6.07, 6.45) is 1.14. The molecule has 24 heavy (non-hydrogen) atoms. The molecule has 5 heteroatoms. The number of esters is 1. The second-order valence-corrected chi connectivity index (χ2v) is 4.94. The molecule has 0 saturated carbocycles. The van der Waals surface area contributed by atoms with Crippen LogP contribution < -0.4 is 5.32 Å². The van der Waals surface area contributed by atoms with E-state index in [-0.39, 0.29) is 18.9 Å². The first kappa shape index (κ1) is 17.0. The number of amides is 1. The Kier molecular flexibility index (Phi) is 5.87. The van der Waals surface area contributed by atoms with E-state index < -0.39 is 5.97 Å². The van der Waals surface area contributed by atoms with Crippen LogP contribution >= 0.6 is 0 Å². The molecule has 2 rings (SSSR count). The maximum absolute atomic E-state index is 11.7. The minimum absolute atomic E-state index is 0.0139. The third kappa shape index (κ3) is 4.82. The number of ether oxygens (including phenoxy) is 1. The first-order valence-electron chi connectivity index (χ1n) is 7.32. The van der Waals surface area contributed by atoms with Crippen molar-refractivity contribution in [3.63, 3.8) is 0 Å². The Morgan fingerprint density at radius 3 is 2.21 bits per heavy atom. The highest BCUT2D eigenvalue weighted by Gasteiger charge is 2.05. The lowest BCUT2D eigenvalue weighted by molar-refractivity contribution is -0.138. The van der Waals surface area contributed by atoms with E-state index in [9.17, 15) is 9.59 Å². The molecule has 0 aliphatic rings. The van der Waals surface area contributed by atoms with Crippen LogP contribution in [0.1, 0.15) is 12.0 Å². The normalized spacial score (nSPS) is 9.62. The number of rotatable bonds is 6. The first-order valence-corrected chi connectivity index (χ1v) is 7.32. The van der Waals surface area contributed by atoms with Gasteiger partial charge in [0.25, 0.3) is 0 Å². The number of benzene rings is 2. The Morgan fingerprint density at radius 2 is 1.67 bits per heavy atom. The van der Waals surface area contributed by atoms with Gasteiger partial charge in [-0.3, -0.25) is 4.79 Å². The zero-order chi connectivity index (χ0) is 17.4. The number of nitriles is 1. The van der Waals surface area contributed by atoms with Crippen LogP contribution in [0.5, 0.6) is 0 Å². The summed E-state index contributed by atoms with van der Waals surface area (Å²) < 4.78 is 4.75. The molecular formula is C19H16N2O3. The Hall–Kier alpha value is -3.39. The van der Waals surface area contributed by atoms with E-state index in [4.69, 9.17) is 10.00 Å². The number of hydrogen-bond donors (Lipinski definition) is 1. The standard InChI is InChI=1S/C19H16N2O3/c1-2-19(23)24-12-11-18(22)21-17-9-7-16(8-10-17)15-5-3-14(13-20)4-6-15/h2-10H,1,11-12H2,(H,21,22). The Bertz CT molecular complexity index is 772. The fourth-order valence-corrected chi connectivity index (χ4v) is 2.01. The van der Waals surface area contributed by atoms with Gasteiger partial charge in [-0.1, -0.05) is 30.8 Å². The smallest absolute Gasteiger partial charge is 0.330 e. The van der Waals surface area contributed by atoms with Crippen LogP contribution in [0.15, 0.2) is 61.2 Å². The maximum atomic E-state index is 11.7. The molecule has 2 aromatic carbocycles. The van der Waals surface area contributed by atoms with Crippen LogP contribution in [0.25, 0.3) is 11.1 Å². The van der Waals surface area contributed by atoms with Gasteiger partial charge in [-0.15, -0.1) is 0 Å². The summed E-state index contributed by atoms with van der Waals surface area (Å²) in [6.45, 7) is 3.29. The van der Waals surface area contributed by atoms with Crippen molar-refractivity contribution in [3.05, 3.63) is 66.7 Å². The monoisotopic (exact) mass is 320 g/mol. The number of anilines is 1. The average Bonchev–Trinajstić information content (AvgIpc) is 2.62. The molecule has 2 aromatic rings. The van der Waals surface area contributed by atoms with Gasteiger partial charge in [-0.2, -0.15) is 5.26 Å². The van der Waals surface area contributed by atoms with Gasteiger partial charge in [0.1, 0.15) is 6.61 Å². The summed E-state index contributed by atoms with van der Waals surface area (Å²) in [7, 11) is 0. The molecule has 120 valence electrons. The van der Waals surface area contributed by atoms with Crippen molar-refractivity contribution < 1.29 is 14.3 Å². The van der Waals surface area contributed by atoms with E-state index in [1.165, 1.54) is 0 Å². The van der Waals surface area contributed by atoms with E-state index >= 15 is 0 Å². The van der Waals surface area contributed by atoms with Gasteiger partial charge < -0.3 is 10.1 Å². The van der Waals surface area contributed by atoms with Crippen LogP contribution in [-0.2, 0) is 14.3 Å². The predicted molar refractivity (Wildman–Crippen MR) is 91.0 cm³/mol. The lowest BCUT2D eigenvalue weighted by Crippen LogP contribution is -2.15. The van der Waals surface area contributed by atoms with Crippen LogP contribution in [0.2, 0.25) is 0 Å². The van der Waals surface area contributed by atoms with Gasteiger partial charge in [0.05, 0.1) is 18.1 Å². The van der Waals surface area contributed by atoms with Crippen molar-refractivity contribution in [1.29, 1.82) is 5.26 Å². The second kappa shape index (κ2) is 8.30.